The molecule has 0 saturated heterocycles. The molecule has 6 heteroatoms. The number of nitrogens with zero attached hydrogens (tertiary/aromatic N) is 2. The lowest BCUT2D eigenvalue weighted by Crippen LogP contribution is -1.82. The van der Waals surface area contributed by atoms with E-state index in [4.69, 9.17) is 16.1 Å². The number of aromatic hydroxyl groups is 1. The number of phenols is 1. The van der Waals surface area contributed by atoms with E-state index in [-0.39, 0.29) is 11.6 Å². The average molecular weight is 352 g/mol. The van der Waals surface area contributed by atoms with Gasteiger partial charge in [-0.05, 0) is 42.5 Å². The van der Waals surface area contributed by atoms with Crippen LogP contribution in [-0.2, 0) is 0 Å². The molecule has 0 aliphatic rings. The van der Waals surface area contributed by atoms with Crippen molar-refractivity contribution in [2.24, 2.45) is 0 Å². The van der Waals surface area contributed by atoms with Crippen LogP contribution in [0.3, 0.4) is 0 Å². The molecule has 0 bridgehead atoms. The standard InChI is InChI=1S/C14H8BrClN2O2/c15-9-3-1-8(2-4-9)13-17-14(20-18-13)11-7-10(19)5-6-12(11)16/h1-7,19H. The van der Waals surface area contributed by atoms with Gasteiger partial charge in [0.15, 0.2) is 0 Å². The first-order valence-corrected chi connectivity index (χ1v) is 6.89. The molecule has 0 aliphatic heterocycles. The van der Waals surface area contributed by atoms with Gasteiger partial charge in [0, 0.05) is 10.0 Å². The van der Waals surface area contributed by atoms with Gasteiger partial charge in [-0.3, -0.25) is 0 Å². The first kappa shape index (κ1) is 13.1. The van der Waals surface area contributed by atoms with Gasteiger partial charge in [0.2, 0.25) is 5.82 Å². The van der Waals surface area contributed by atoms with Crippen LogP contribution in [0.2, 0.25) is 5.02 Å². The normalized spacial score (nSPS) is 10.7. The van der Waals surface area contributed by atoms with E-state index in [0.29, 0.717) is 16.4 Å². The van der Waals surface area contributed by atoms with E-state index in [2.05, 4.69) is 26.1 Å². The molecule has 1 heterocycles. The van der Waals surface area contributed by atoms with Crippen molar-refractivity contribution >= 4 is 27.5 Å². The van der Waals surface area contributed by atoms with Crippen molar-refractivity contribution in [3.63, 3.8) is 0 Å². The number of halogens is 2. The summed E-state index contributed by atoms with van der Waals surface area (Å²) in [5, 5.41) is 13.9. The minimum absolute atomic E-state index is 0.0905. The van der Waals surface area contributed by atoms with E-state index in [1.165, 1.54) is 12.1 Å². The Morgan fingerprint density at radius 3 is 2.60 bits per heavy atom. The number of hydrogen-bond acceptors (Lipinski definition) is 4. The summed E-state index contributed by atoms with van der Waals surface area (Å²) in [6.45, 7) is 0. The van der Waals surface area contributed by atoms with Crippen molar-refractivity contribution in [1.82, 2.24) is 10.1 Å². The second kappa shape index (κ2) is 5.26. The molecule has 3 aromatic rings. The van der Waals surface area contributed by atoms with Crippen LogP contribution in [0, 0.1) is 0 Å². The minimum atomic E-state index is 0.0905. The maximum absolute atomic E-state index is 9.50. The van der Waals surface area contributed by atoms with E-state index >= 15 is 0 Å². The molecule has 0 atom stereocenters. The van der Waals surface area contributed by atoms with Crippen LogP contribution in [-0.4, -0.2) is 15.2 Å². The fourth-order valence-electron chi connectivity index (χ4n) is 1.73. The zero-order chi connectivity index (χ0) is 14.1. The predicted octanol–water partition coefficient (Wildman–Crippen LogP) is 4.53. The first-order chi connectivity index (χ1) is 9.63. The van der Waals surface area contributed by atoms with Gasteiger partial charge in [0.05, 0.1) is 10.6 Å². The molecular formula is C14H8BrClN2O2. The van der Waals surface area contributed by atoms with E-state index in [1.807, 2.05) is 24.3 Å². The first-order valence-electron chi connectivity index (χ1n) is 5.72. The Morgan fingerprint density at radius 1 is 1.10 bits per heavy atom. The van der Waals surface area contributed by atoms with Crippen molar-refractivity contribution in [1.29, 1.82) is 0 Å². The van der Waals surface area contributed by atoms with E-state index in [9.17, 15) is 5.11 Å². The third-order valence-corrected chi connectivity index (χ3v) is 3.57. The van der Waals surface area contributed by atoms with Gasteiger partial charge in [0.25, 0.3) is 5.89 Å². The zero-order valence-corrected chi connectivity index (χ0v) is 12.4. The minimum Gasteiger partial charge on any atom is -0.508 e. The van der Waals surface area contributed by atoms with Crippen LogP contribution in [0.4, 0.5) is 0 Å². The molecule has 0 unspecified atom stereocenters. The summed E-state index contributed by atoms with van der Waals surface area (Å²) in [6.07, 6.45) is 0. The number of aromatic nitrogens is 2. The molecule has 0 amide bonds. The molecule has 1 aromatic heterocycles. The Kier molecular flexibility index (Phi) is 3.46. The predicted molar refractivity (Wildman–Crippen MR) is 79.5 cm³/mol. The summed E-state index contributed by atoms with van der Waals surface area (Å²) < 4.78 is 6.18. The lowest BCUT2D eigenvalue weighted by molar-refractivity contribution is 0.431. The highest BCUT2D eigenvalue weighted by molar-refractivity contribution is 9.10. The third kappa shape index (κ3) is 2.55. The summed E-state index contributed by atoms with van der Waals surface area (Å²) in [4.78, 5) is 4.29. The van der Waals surface area contributed by atoms with Crippen LogP contribution in [0.25, 0.3) is 22.8 Å². The van der Waals surface area contributed by atoms with E-state index in [1.54, 1.807) is 6.07 Å². The highest BCUT2D eigenvalue weighted by Crippen LogP contribution is 2.31. The summed E-state index contributed by atoms with van der Waals surface area (Å²) in [7, 11) is 0. The molecule has 100 valence electrons. The van der Waals surface area contributed by atoms with Crippen molar-refractivity contribution < 1.29 is 9.63 Å². The smallest absolute Gasteiger partial charge is 0.259 e. The Labute approximate surface area is 128 Å². The van der Waals surface area contributed by atoms with Crippen molar-refractivity contribution in [2.45, 2.75) is 0 Å². The lowest BCUT2D eigenvalue weighted by atomic mass is 10.2. The molecule has 2 aromatic carbocycles. The zero-order valence-electron chi connectivity index (χ0n) is 10.0. The second-order valence-electron chi connectivity index (χ2n) is 4.09. The van der Waals surface area contributed by atoms with Gasteiger partial charge >= 0.3 is 0 Å². The highest BCUT2D eigenvalue weighted by atomic mass is 79.9. The summed E-state index contributed by atoms with van der Waals surface area (Å²) in [6, 6.07) is 12.1. The summed E-state index contributed by atoms with van der Waals surface area (Å²) in [5.74, 6) is 0.823. The lowest BCUT2D eigenvalue weighted by Gasteiger charge is -1.98. The molecular weight excluding hydrogens is 344 g/mol. The molecule has 0 spiro atoms. The molecule has 0 radical (unpaired) electrons. The average Bonchev–Trinajstić information content (AvgIpc) is 2.92. The topological polar surface area (TPSA) is 59.2 Å². The van der Waals surface area contributed by atoms with Crippen molar-refractivity contribution in [3.05, 3.63) is 52.0 Å². The fourth-order valence-corrected chi connectivity index (χ4v) is 2.19. The van der Waals surface area contributed by atoms with Crippen LogP contribution >= 0.6 is 27.5 Å². The van der Waals surface area contributed by atoms with Gasteiger partial charge < -0.3 is 9.63 Å². The Hall–Kier alpha value is -1.85. The van der Waals surface area contributed by atoms with Gasteiger partial charge in [0.1, 0.15) is 5.75 Å². The van der Waals surface area contributed by atoms with E-state index < -0.39 is 0 Å². The highest BCUT2D eigenvalue weighted by Gasteiger charge is 2.14. The van der Waals surface area contributed by atoms with Crippen LogP contribution in [0.15, 0.2) is 51.5 Å². The Bertz CT molecular complexity index is 756. The number of benzene rings is 2. The third-order valence-electron chi connectivity index (χ3n) is 2.71. The van der Waals surface area contributed by atoms with Gasteiger partial charge in [-0.1, -0.05) is 32.7 Å². The van der Waals surface area contributed by atoms with Crippen LogP contribution in [0.5, 0.6) is 5.75 Å². The molecule has 1 N–H and O–H groups in total. The molecule has 0 fully saturated rings. The van der Waals surface area contributed by atoms with Gasteiger partial charge in [-0.2, -0.15) is 4.98 Å². The fraction of sp³-hybridized carbons (Fsp3) is 0. The van der Waals surface area contributed by atoms with Gasteiger partial charge in [-0.15, -0.1) is 0 Å². The summed E-state index contributed by atoms with van der Waals surface area (Å²) >= 11 is 9.43. The SMILES string of the molecule is Oc1ccc(Cl)c(-c2nc(-c3ccc(Br)cc3)no2)c1. The van der Waals surface area contributed by atoms with E-state index in [0.717, 1.165) is 10.0 Å². The van der Waals surface area contributed by atoms with Crippen molar-refractivity contribution in [2.75, 3.05) is 0 Å². The molecule has 4 nitrogen and oxygen atoms in total. The summed E-state index contributed by atoms with van der Waals surface area (Å²) in [5.41, 5.74) is 1.34. The second-order valence-corrected chi connectivity index (χ2v) is 5.42. The maximum Gasteiger partial charge on any atom is 0.259 e. The van der Waals surface area contributed by atoms with Crippen molar-refractivity contribution in [3.8, 4) is 28.6 Å². The maximum atomic E-state index is 9.50. The number of hydrogen-bond donors (Lipinski definition) is 1. The van der Waals surface area contributed by atoms with Crippen LogP contribution < -0.4 is 0 Å². The Morgan fingerprint density at radius 2 is 1.85 bits per heavy atom. The van der Waals surface area contributed by atoms with Gasteiger partial charge in [-0.25, -0.2) is 0 Å². The molecule has 0 saturated carbocycles. The molecule has 3 rings (SSSR count). The molecule has 20 heavy (non-hydrogen) atoms. The number of rotatable bonds is 2. The molecule has 0 aliphatic carbocycles. The largest absolute Gasteiger partial charge is 0.508 e. The Balaban J connectivity index is 2.01. The quantitative estimate of drug-likeness (QED) is 0.737. The monoisotopic (exact) mass is 350 g/mol. The number of phenolic OH excluding ortho intramolecular Hbond substituents is 1. The van der Waals surface area contributed by atoms with Crippen LogP contribution in [0.1, 0.15) is 0 Å².